The molecule has 2 nitrogen and oxygen atoms in total. The van der Waals surface area contributed by atoms with Gasteiger partial charge in [0, 0.05) is 23.2 Å². The van der Waals surface area contributed by atoms with Gasteiger partial charge in [0.15, 0.2) is 0 Å². The Morgan fingerprint density at radius 3 is 2.56 bits per heavy atom. The second-order valence-corrected chi connectivity index (χ2v) is 5.56. The summed E-state index contributed by atoms with van der Waals surface area (Å²) in [6.45, 7) is 9.06. The van der Waals surface area contributed by atoms with Gasteiger partial charge in [-0.1, -0.05) is 23.7 Å². The fraction of sp³-hybridized carbons (Fsp3) is 0.467. The molecule has 1 aromatic carbocycles. The molecule has 0 N–H and O–H groups in total. The van der Waals surface area contributed by atoms with E-state index in [1.165, 1.54) is 10.9 Å². The Morgan fingerprint density at radius 1 is 1.22 bits per heavy atom. The van der Waals surface area contributed by atoms with E-state index in [0.29, 0.717) is 12.6 Å². The number of ether oxygens (including phenoxy) is 1. The highest BCUT2D eigenvalue weighted by atomic mass is 35.5. The van der Waals surface area contributed by atoms with Crippen LogP contribution in [0.1, 0.15) is 39.3 Å². The van der Waals surface area contributed by atoms with E-state index < -0.39 is 0 Å². The van der Waals surface area contributed by atoms with E-state index in [1.807, 2.05) is 12.1 Å². The van der Waals surface area contributed by atoms with Crippen LogP contribution in [0.15, 0.2) is 24.4 Å². The van der Waals surface area contributed by atoms with Gasteiger partial charge >= 0.3 is 0 Å². The minimum Gasteiger partial charge on any atom is -0.374 e. The SMILES string of the molecule is CC(C)OCc1cn(C(C)C)c2c(Cl)cccc12. The molecular formula is C15H20ClNO. The lowest BCUT2D eigenvalue weighted by molar-refractivity contribution is 0.0663. The molecule has 1 aromatic heterocycles. The van der Waals surface area contributed by atoms with Crippen molar-refractivity contribution in [1.82, 2.24) is 4.57 Å². The molecule has 0 amide bonds. The minimum atomic E-state index is 0.238. The Labute approximate surface area is 114 Å². The van der Waals surface area contributed by atoms with Gasteiger partial charge < -0.3 is 9.30 Å². The van der Waals surface area contributed by atoms with Crippen molar-refractivity contribution in [2.24, 2.45) is 0 Å². The van der Waals surface area contributed by atoms with E-state index in [0.717, 1.165) is 10.5 Å². The Bertz CT molecular complexity index is 543. The zero-order chi connectivity index (χ0) is 13.3. The number of halogens is 1. The zero-order valence-electron chi connectivity index (χ0n) is 11.4. The van der Waals surface area contributed by atoms with Crippen molar-refractivity contribution in [2.75, 3.05) is 0 Å². The summed E-state index contributed by atoms with van der Waals surface area (Å²) < 4.78 is 7.93. The fourth-order valence-corrected chi connectivity index (χ4v) is 2.39. The maximum absolute atomic E-state index is 6.32. The first-order valence-corrected chi connectivity index (χ1v) is 6.78. The van der Waals surface area contributed by atoms with Gasteiger partial charge in [-0.2, -0.15) is 0 Å². The minimum absolute atomic E-state index is 0.238. The van der Waals surface area contributed by atoms with Crippen molar-refractivity contribution in [3.05, 3.63) is 35.0 Å². The van der Waals surface area contributed by atoms with Gasteiger partial charge in [-0.25, -0.2) is 0 Å². The Kier molecular flexibility index (Phi) is 3.98. The summed E-state index contributed by atoms with van der Waals surface area (Å²) in [5.41, 5.74) is 2.31. The number of benzene rings is 1. The van der Waals surface area contributed by atoms with E-state index >= 15 is 0 Å². The van der Waals surface area contributed by atoms with Crippen LogP contribution in [0, 0.1) is 0 Å². The predicted molar refractivity (Wildman–Crippen MR) is 77.3 cm³/mol. The van der Waals surface area contributed by atoms with E-state index in [1.54, 1.807) is 0 Å². The quantitative estimate of drug-likeness (QED) is 0.774. The third kappa shape index (κ3) is 2.55. The smallest absolute Gasteiger partial charge is 0.0741 e. The van der Waals surface area contributed by atoms with Crippen molar-refractivity contribution in [3.63, 3.8) is 0 Å². The average molecular weight is 266 g/mol. The van der Waals surface area contributed by atoms with Gasteiger partial charge in [-0.15, -0.1) is 0 Å². The highest BCUT2D eigenvalue weighted by molar-refractivity contribution is 6.35. The number of hydrogen-bond donors (Lipinski definition) is 0. The van der Waals surface area contributed by atoms with Gasteiger partial charge in [0.2, 0.25) is 0 Å². The summed E-state index contributed by atoms with van der Waals surface area (Å²) in [4.78, 5) is 0. The molecule has 0 aliphatic heterocycles. The number of rotatable bonds is 4. The molecule has 0 saturated heterocycles. The van der Waals surface area contributed by atoms with Crippen molar-refractivity contribution < 1.29 is 4.74 Å². The molecule has 0 aliphatic rings. The molecule has 2 aromatic rings. The van der Waals surface area contributed by atoms with Crippen LogP contribution >= 0.6 is 11.6 Å². The number of aromatic nitrogens is 1. The number of nitrogens with zero attached hydrogens (tertiary/aromatic N) is 1. The van der Waals surface area contributed by atoms with Gasteiger partial charge in [0.25, 0.3) is 0 Å². The summed E-state index contributed by atoms with van der Waals surface area (Å²) in [7, 11) is 0. The van der Waals surface area contributed by atoms with Crippen LogP contribution in [0.3, 0.4) is 0 Å². The maximum atomic E-state index is 6.32. The maximum Gasteiger partial charge on any atom is 0.0741 e. The van der Waals surface area contributed by atoms with Crippen LogP contribution in [0.4, 0.5) is 0 Å². The summed E-state index contributed by atoms with van der Waals surface area (Å²) in [5.74, 6) is 0. The molecule has 0 fully saturated rings. The number of fused-ring (bicyclic) bond motifs is 1. The molecule has 98 valence electrons. The molecule has 18 heavy (non-hydrogen) atoms. The van der Waals surface area contributed by atoms with Crippen molar-refractivity contribution in [3.8, 4) is 0 Å². The topological polar surface area (TPSA) is 14.2 Å². The highest BCUT2D eigenvalue weighted by Crippen LogP contribution is 2.30. The first-order chi connectivity index (χ1) is 8.50. The largest absolute Gasteiger partial charge is 0.374 e. The fourth-order valence-electron chi connectivity index (χ4n) is 2.12. The van der Waals surface area contributed by atoms with Gasteiger partial charge in [0.05, 0.1) is 23.3 Å². The second-order valence-electron chi connectivity index (χ2n) is 5.15. The zero-order valence-corrected chi connectivity index (χ0v) is 12.2. The lowest BCUT2D eigenvalue weighted by atomic mass is 10.2. The molecule has 3 heteroatoms. The summed E-state index contributed by atoms with van der Waals surface area (Å²) in [5, 5.41) is 1.99. The van der Waals surface area contributed by atoms with Gasteiger partial charge in [-0.3, -0.25) is 0 Å². The second kappa shape index (κ2) is 5.33. The first kappa shape index (κ1) is 13.4. The first-order valence-electron chi connectivity index (χ1n) is 6.40. The van der Waals surface area contributed by atoms with Gasteiger partial charge in [-0.05, 0) is 33.8 Å². The van der Waals surface area contributed by atoms with Crippen LogP contribution in [-0.4, -0.2) is 10.7 Å². The molecule has 0 aliphatic carbocycles. The molecule has 0 radical (unpaired) electrons. The molecule has 0 atom stereocenters. The third-order valence-electron chi connectivity index (χ3n) is 3.01. The van der Waals surface area contributed by atoms with Crippen LogP contribution in [0.25, 0.3) is 10.9 Å². The average Bonchev–Trinajstić information content (AvgIpc) is 2.67. The van der Waals surface area contributed by atoms with E-state index in [9.17, 15) is 0 Å². The third-order valence-corrected chi connectivity index (χ3v) is 3.32. The Morgan fingerprint density at radius 2 is 1.94 bits per heavy atom. The van der Waals surface area contributed by atoms with Crippen LogP contribution in [-0.2, 0) is 11.3 Å². The van der Waals surface area contributed by atoms with Crippen LogP contribution in [0.2, 0.25) is 5.02 Å². The summed E-state index contributed by atoms with van der Waals surface area (Å²) in [6.07, 6.45) is 2.39. The summed E-state index contributed by atoms with van der Waals surface area (Å²) in [6, 6.07) is 6.43. The molecule has 0 bridgehead atoms. The van der Waals surface area contributed by atoms with Crippen molar-refractivity contribution in [2.45, 2.75) is 46.4 Å². The Hall–Kier alpha value is -0.990. The standard InChI is InChI=1S/C15H20ClNO/c1-10(2)17-8-12(9-18-11(3)4)13-6-5-7-14(16)15(13)17/h5-8,10-11H,9H2,1-4H3. The van der Waals surface area contributed by atoms with Crippen LogP contribution in [0.5, 0.6) is 0 Å². The normalized spacial score (nSPS) is 11.9. The van der Waals surface area contributed by atoms with E-state index in [2.05, 4.69) is 44.5 Å². The van der Waals surface area contributed by atoms with Crippen LogP contribution < -0.4 is 0 Å². The number of para-hydroxylation sites is 1. The lowest BCUT2D eigenvalue weighted by Gasteiger charge is -2.09. The number of hydrogen-bond acceptors (Lipinski definition) is 1. The molecule has 1 heterocycles. The molecule has 0 saturated carbocycles. The predicted octanol–water partition coefficient (Wildman–Crippen LogP) is 4.80. The monoisotopic (exact) mass is 265 g/mol. The lowest BCUT2D eigenvalue weighted by Crippen LogP contribution is -2.02. The van der Waals surface area contributed by atoms with E-state index in [-0.39, 0.29) is 6.10 Å². The molecule has 0 spiro atoms. The van der Waals surface area contributed by atoms with E-state index in [4.69, 9.17) is 16.3 Å². The molecular weight excluding hydrogens is 246 g/mol. The molecule has 2 rings (SSSR count). The van der Waals surface area contributed by atoms with Gasteiger partial charge in [0.1, 0.15) is 0 Å². The summed E-state index contributed by atoms with van der Waals surface area (Å²) >= 11 is 6.32. The van der Waals surface area contributed by atoms with Crippen molar-refractivity contribution in [1.29, 1.82) is 0 Å². The Balaban J connectivity index is 2.51. The highest BCUT2D eigenvalue weighted by Gasteiger charge is 2.13. The van der Waals surface area contributed by atoms with Crippen molar-refractivity contribution >= 4 is 22.5 Å². The molecule has 0 unspecified atom stereocenters.